The van der Waals surface area contributed by atoms with Gasteiger partial charge in [0, 0.05) is 30.2 Å². The van der Waals surface area contributed by atoms with E-state index in [-0.39, 0.29) is 11.4 Å². The first-order valence-electron chi connectivity index (χ1n) is 14.6. The molecule has 0 aliphatic carbocycles. The molecule has 1 aliphatic rings. The monoisotopic (exact) mass is 829 g/mol. The van der Waals surface area contributed by atoms with Crippen LogP contribution in [0.15, 0.2) is 82.5 Å². The third kappa shape index (κ3) is 12.9. The number of nitrogens with two attached hydrogens (primary N) is 1. The van der Waals surface area contributed by atoms with Gasteiger partial charge in [0.25, 0.3) is 5.56 Å². The van der Waals surface area contributed by atoms with E-state index < -0.39 is 98.4 Å². The molecule has 0 bridgehead atoms. The summed E-state index contributed by atoms with van der Waals surface area (Å²) in [5.41, 5.74) is 3.58. The Balaban J connectivity index is 1.61. The van der Waals surface area contributed by atoms with E-state index in [9.17, 15) is 57.0 Å². The van der Waals surface area contributed by atoms with Crippen molar-refractivity contribution >= 4 is 54.6 Å². The molecular formula is C25H31N5O19P4. The molecule has 0 spiro atoms. The molecule has 1 saturated heterocycles. The smallest absolute Gasteiger partial charge is 0.439 e. The molecule has 9 N–H and O–H groups in total. The lowest BCUT2D eigenvalue weighted by molar-refractivity contribution is -0.0553. The number of para-hydroxylation sites is 2. The molecule has 2 aromatic carbocycles. The summed E-state index contributed by atoms with van der Waals surface area (Å²) in [7, 11) is -22.9. The van der Waals surface area contributed by atoms with Gasteiger partial charge in [-0.15, -0.1) is 0 Å². The third-order valence-electron chi connectivity index (χ3n) is 6.39. The molecule has 1 aromatic heterocycles. The number of phosphoric ester groups is 1. The molecule has 3 aromatic rings. The first-order chi connectivity index (χ1) is 24.8. The largest absolute Gasteiger partial charge is 0.490 e. The van der Waals surface area contributed by atoms with Crippen LogP contribution in [-0.4, -0.2) is 78.9 Å². The summed E-state index contributed by atoms with van der Waals surface area (Å²) in [5, 5.41) is 4.77. The molecule has 5 unspecified atom stereocenters. The van der Waals surface area contributed by atoms with Gasteiger partial charge in [-0.05, 0) is 24.3 Å². The molecule has 53 heavy (non-hydrogen) atoms. The molecular weight excluding hydrogens is 798 g/mol. The molecule has 24 nitrogen and oxygen atoms in total. The average molecular weight is 829 g/mol. The number of hydrogen-bond donors (Lipinski definition) is 8. The number of rotatable bonds is 16. The number of nitrogens with zero attached hydrogens (tertiary/aromatic N) is 1. The van der Waals surface area contributed by atoms with Gasteiger partial charge in [-0.3, -0.25) is 34.1 Å². The number of carbonyl (C=O) groups is 2. The Kier molecular flexibility index (Phi) is 13.9. The fourth-order valence-electron chi connectivity index (χ4n) is 4.39. The Morgan fingerprint density at radius 2 is 1.28 bits per heavy atom. The van der Waals surface area contributed by atoms with E-state index in [2.05, 4.69) is 23.6 Å². The van der Waals surface area contributed by atoms with Crippen LogP contribution in [0.4, 0.5) is 21.0 Å². The van der Waals surface area contributed by atoms with E-state index in [4.69, 9.17) is 24.5 Å². The van der Waals surface area contributed by atoms with Gasteiger partial charge in [-0.2, -0.15) is 8.62 Å². The molecule has 2 heterocycles. The number of amides is 2. The van der Waals surface area contributed by atoms with E-state index in [1.54, 1.807) is 36.4 Å². The van der Waals surface area contributed by atoms with Crippen molar-refractivity contribution in [3.63, 3.8) is 0 Å². The van der Waals surface area contributed by atoms with Gasteiger partial charge in [0.15, 0.2) is 18.4 Å². The predicted molar refractivity (Wildman–Crippen MR) is 178 cm³/mol. The lowest BCUT2D eigenvalue weighted by atomic mass is 10.1. The molecule has 4 rings (SSSR count). The van der Waals surface area contributed by atoms with Gasteiger partial charge in [0.2, 0.25) is 0 Å². The highest BCUT2D eigenvalue weighted by Gasteiger charge is 2.53. The Morgan fingerprint density at radius 1 is 0.774 bits per heavy atom. The zero-order valence-corrected chi connectivity index (χ0v) is 30.2. The van der Waals surface area contributed by atoms with Gasteiger partial charge >= 0.3 is 48.9 Å². The number of nitrogens with one attached hydrogen (secondary N) is 3. The Hall–Kier alpha value is -3.82. The highest BCUT2D eigenvalue weighted by atomic mass is 31.3. The summed E-state index contributed by atoms with van der Waals surface area (Å²) in [6, 6.07) is 16.4. The van der Waals surface area contributed by atoms with Crippen LogP contribution >= 0.6 is 31.1 Å². The second-order valence-corrected chi connectivity index (χ2v) is 17.2. The number of anilines is 2. The maximum absolute atomic E-state index is 13.0. The van der Waals surface area contributed by atoms with Crippen LogP contribution in [0.5, 0.6) is 0 Å². The average Bonchev–Trinajstić information content (AvgIpc) is 3.34. The summed E-state index contributed by atoms with van der Waals surface area (Å²) in [4.78, 5) is 91.8. The highest BCUT2D eigenvalue weighted by Crippen LogP contribution is 2.71. The number of H-pyrrole nitrogens is 1. The van der Waals surface area contributed by atoms with E-state index >= 15 is 0 Å². The van der Waals surface area contributed by atoms with E-state index in [0.717, 1.165) is 12.3 Å². The second-order valence-electron chi connectivity index (χ2n) is 10.4. The molecule has 28 heteroatoms. The molecule has 1 aliphatic heterocycles. The van der Waals surface area contributed by atoms with Crippen LogP contribution in [0, 0.1) is 0 Å². The number of aromatic nitrogens is 2. The predicted octanol–water partition coefficient (Wildman–Crippen LogP) is 2.18. The highest BCUT2D eigenvalue weighted by molar-refractivity contribution is 7.70. The third-order valence-corrected chi connectivity index (χ3v) is 12.8. The Bertz CT molecular complexity index is 2070. The maximum atomic E-state index is 13.0. The van der Waals surface area contributed by atoms with Gasteiger partial charge in [0.1, 0.15) is 6.10 Å². The zero-order valence-electron chi connectivity index (χ0n) is 26.6. The topological polar surface area (TPSA) is 353 Å². The SMILES string of the molecule is NCCP(=O)(O)OP(=O)(O)OP(=O)(O)OP(=O)(O)OC[C@H]1O[C@@H](n2ccc(=O)[nH]c2=O)[C@@H](OC(=O)Nc2ccccc2)C1OC(=O)Nc1ccccc1. The molecule has 290 valence electrons. The van der Waals surface area contributed by atoms with Gasteiger partial charge in [0.05, 0.1) is 12.8 Å². The minimum absolute atomic E-state index is 0.217. The van der Waals surface area contributed by atoms with Crippen LogP contribution in [0.1, 0.15) is 6.23 Å². The first-order valence-corrected chi connectivity index (χ1v) is 20.8. The molecule has 8 atom stereocenters. The Morgan fingerprint density at radius 3 is 1.81 bits per heavy atom. The minimum atomic E-state index is -6.15. The second kappa shape index (κ2) is 17.5. The minimum Gasteiger partial charge on any atom is -0.439 e. The summed E-state index contributed by atoms with van der Waals surface area (Å²) in [6.45, 7) is -1.77. The number of aromatic amines is 1. The summed E-state index contributed by atoms with van der Waals surface area (Å²) >= 11 is 0. The van der Waals surface area contributed by atoms with Crippen molar-refractivity contribution in [3.8, 4) is 0 Å². The number of phosphoric acid groups is 3. The number of hydrogen-bond acceptors (Lipinski definition) is 16. The van der Waals surface area contributed by atoms with Crippen molar-refractivity contribution in [1.29, 1.82) is 0 Å². The molecule has 1 fully saturated rings. The van der Waals surface area contributed by atoms with E-state index in [1.807, 2.05) is 4.98 Å². The number of benzene rings is 2. The summed E-state index contributed by atoms with van der Waals surface area (Å²) < 4.78 is 82.8. The number of carbonyl (C=O) groups excluding carboxylic acids is 2. The van der Waals surface area contributed by atoms with E-state index in [0.29, 0.717) is 4.57 Å². The number of ether oxygens (including phenoxy) is 3. The van der Waals surface area contributed by atoms with Crippen molar-refractivity contribution < 1.29 is 79.1 Å². The van der Waals surface area contributed by atoms with Crippen molar-refractivity contribution in [3.05, 3.63) is 93.8 Å². The van der Waals surface area contributed by atoms with Crippen molar-refractivity contribution in [2.45, 2.75) is 24.5 Å². The lowest BCUT2D eigenvalue weighted by Crippen LogP contribution is -2.44. The Labute approximate surface area is 297 Å². The lowest BCUT2D eigenvalue weighted by Gasteiger charge is -2.25. The fourth-order valence-corrected chi connectivity index (χ4v) is 9.72. The standard InChI is InChI=1S/C25H31N5O19P4/c26-12-14-50(35,36)47-52(39,40)49-53(41,42)48-51(37,38)43-15-18-20(45-24(33)27-16-7-3-1-4-8-16)21(46-25(34)28-17-9-5-2-6-10-17)22(44-18)30-13-11-19(31)29-23(30)32/h1-11,13,18,20-22H,12,14-15,26H2,(H,27,33)(H,28,34)(H,35,36)(H,37,38)(H,39,40)(H,41,42)(H,29,31,32)/t18-,20?,21+,22-/m1/s1. The normalized spacial score (nSPS) is 23.0. The molecule has 0 radical (unpaired) electrons. The van der Waals surface area contributed by atoms with E-state index in [1.165, 1.54) is 24.3 Å². The van der Waals surface area contributed by atoms with Crippen LogP contribution in [-0.2, 0) is 49.9 Å². The quantitative estimate of drug-likeness (QED) is 0.0959. The molecule has 0 saturated carbocycles. The fraction of sp³-hybridized carbons (Fsp3) is 0.280. The van der Waals surface area contributed by atoms with Gasteiger partial charge in [-0.25, -0.2) is 32.4 Å². The summed E-state index contributed by atoms with van der Waals surface area (Å²) in [5.74, 6) is 0. The first kappa shape index (κ1) is 41.9. The van der Waals surface area contributed by atoms with Crippen LogP contribution < -0.4 is 27.6 Å². The molecule has 2 amide bonds. The van der Waals surface area contributed by atoms with Crippen LogP contribution in [0.2, 0.25) is 0 Å². The van der Waals surface area contributed by atoms with Crippen LogP contribution in [0.3, 0.4) is 0 Å². The van der Waals surface area contributed by atoms with Crippen LogP contribution in [0.25, 0.3) is 0 Å². The van der Waals surface area contributed by atoms with Crippen molar-refractivity contribution in [1.82, 2.24) is 9.55 Å². The maximum Gasteiger partial charge on any atom is 0.490 e. The van der Waals surface area contributed by atoms with Gasteiger partial charge < -0.3 is 39.5 Å². The zero-order chi connectivity index (χ0) is 39.0. The van der Waals surface area contributed by atoms with Gasteiger partial charge in [-0.1, -0.05) is 36.4 Å². The van der Waals surface area contributed by atoms with Crippen molar-refractivity contribution in [2.24, 2.45) is 5.73 Å². The summed E-state index contributed by atoms with van der Waals surface area (Å²) in [6.07, 6.45) is -9.62. The van der Waals surface area contributed by atoms with Crippen molar-refractivity contribution in [2.75, 3.05) is 29.9 Å².